The lowest BCUT2D eigenvalue weighted by Gasteiger charge is -1.97. The fourth-order valence-corrected chi connectivity index (χ4v) is 0.977. The van der Waals surface area contributed by atoms with Crippen LogP contribution in [0.25, 0.3) is 5.69 Å². The van der Waals surface area contributed by atoms with Gasteiger partial charge >= 0.3 is 0 Å². The zero-order valence-electron chi connectivity index (χ0n) is 8.68. The van der Waals surface area contributed by atoms with Gasteiger partial charge in [0.1, 0.15) is 6.33 Å². The second-order valence-electron chi connectivity index (χ2n) is 2.59. The highest BCUT2D eigenvalue weighted by molar-refractivity contribution is 5.32. The van der Waals surface area contributed by atoms with Crippen LogP contribution in [0.4, 0.5) is 0 Å². The Morgan fingerprint density at radius 2 is 1.71 bits per heavy atom. The predicted octanol–water partition coefficient (Wildman–Crippen LogP) is 2.00. The molecule has 4 nitrogen and oxygen atoms in total. The van der Waals surface area contributed by atoms with Crippen LogP contribution in [0.5, 0.6) is 0 Å². The average Bonchev–Trinajstić information content (AvgIpc) is 2.75. The Balaban J connectivity index is 0.000000461. The number of hydrogen-bond acceptors (Lipinski definition) is 3. The Labute approximate surface area is 83.6 Å². The molecular weight excluding hydrogens is 176 g/mol. The molecule has 0 radical (unpaired) electrons. The summed E-state index contributed by atoms with van der Waals surface area (Å²) in [4.78, 5) is 0. The standard InChI is InChI=1S/C8H8N4.C2H6/c1-7-2-4-8(5-3-7)12-6-9-10-11-12;1-2/h2-6H,1H3;1-2H3. The van der Waals surface area contributed by atoms with Gasteiger partial charge in [-0.05, 0) is 29.5 Å². The van der Waals surface area contributed by atoms with Crippen LogP contribution in [0.15, 0.2) is 30.6 Å². The molecule has 0 N–H and O–H groups in total. The van der Waals surface area contributed by atoms with Crippen molar-refractivity contribution in [3.8, 4) is 5.69 Å². The summed E-state index contributed by atoms with van der Waals surface area (Å²) in [5.74, 6) is 0. The lowest BCUT2D eigenvalue weighted by molar-refractivity contribution is 0.789. The molecule has 0 atom stereocenters. The first kappa shape index (κ1) is 10.4. The zero-order valence-corrected chi connectivity index (χ0v) is 8.68. The number of benzene rings is 1. The summed E-state index contributed by atoms with van der Waals surface area (Å²) in [6.45, 7) is 6.05. The van der Waals surface area contributed by atoms with Crippen molar-refractivity contribution in [2.45, 2.75) is 20.8 Å². The van der Waals surface area contributed by atoms with Crippen LogP contribution in [-0.4, -0.2) is 20.2 Å². The number of tetrazole rings is 1. The first-order valence-electron chi connectivity index (χ1n) is 4.66. The maximum absolute atomic E-state index is 3.77. The molecule has 2 aromatic rings. The van der Waals surface area contributed by atoms with Crippen molar-refractivity contribution < 1.29 is 0 Å². The fourth-order valence-electron chi connectivity index (χ4n) is 0.977. The van der Waals surface area contributed by atoms with E-state index in [1.165, 1.54) is 5.56 Å². The molecule has 0 aliphatic carbocycles. The first-order chi connectivity index (χ1) is 6.86. The highest BCUT2D eigenvalue weighted by Gasteiger charge is 1.94. The Bertz CT molecular complexity index is 350. The summed E-state index contributed by atoms with van der Waals surface area (Å²) >= 11 is 0. The molecule has 0 amide bonds. The third-order valence-electron chi connectivity index (χ3n) is 1.65. The Morgan fingerprint density at radius 3 is 2.21 bits per heavy atom. The lowest BCUT2D eigenvalue weighted by Crippen LogP contribution is -1.94. The van der Waals surface area contributed by atoms with E-state index in [1.54, 1.807) is 11.0 Å². The highest BCUT2D eigenvalue weighted by atomic mass is 15.5. The van der Waals surface area contributed by atoms with E-state index in [2.05, 4.69) is 15.5 Å². The van der Waals surface area contributed by atoms with Crippen molar-refractivity contribution in [1.29, 1.82) is 0 Å². The van der Waals surface area contributed by atoms with Gasteiger partial charge < -0.3 is 0 Å². The molecule has 1 aromatic heterocycles. The summed E-state index contributed by atoms with van der Waals surface area (Å²) in [5, 5.41) is 10.9. The van der Waals surface area contributed by atoms with Crippen LogP contribution >= 0.6 is 0 Å². The minimum Gasteiger partial charge on any atom is -0.201 e. The van der Waals surface area contributed by atoms with Gasteiger partial charge in [0, 0.05) is 0 Å². The molecule has 0 aliphatic heterocycles. The van der Waals surface area contributed by atoms with Gasteiger partial charge in [0.05, 0.1) is 5.69 Å². The van der Waals surface area contributed by atoms with Crippen molar-refractivity contribution in [2.75, 3.05) is 0 Å². The van der Waals surface area contributed by atoms with Gasteiger partial charge in [0.25, 0.3) is 0 Å². The zero-order chi connectivity index (χ0) is 10.4. The SMILES string of the molecule is CC.Cc1ccc(-n2cnnn2)cc1. The Hall–Kier alpha value is -1.71. The van der Waals surface area contributed by atoms with Crippen molar-refractivity contribution in [3.05, 3.63) is 36.2 Å². The number of nitrogens with zero attached hydrogens (tertiary/aromatic N) is 4. The van der Waals surface area contributed by atoms with Crippen molar-refractivity contribution in [2.24, 2.45) is 0 Å². The average molecular weight is 190 g/mol. The van der Waals surface area contributed by atoms with Crippen LogP contribution in [0.1, 0.15) is 19.4 Å². The molecule has 0 bridgehead atoms. The molecule has 1 heterocycles. The number of rotatable bonds is 1. The smallest absolute Gasteiger partial charge is 0.143 e. The van der Waals surface area contributed by atoms with E-state index < -0.39 is 0 Å². The topological polar surface area (TPSA) is 43.6 Å². The van der Waals surface area contributed by atoms with Crippen LogP contribution < -0.4 is 0 Å². The van der Waals surface area contributed by atoms with Gasteiger partial charge in [-0.2, -0.15) is 0 Å². The number of aromatic nitrogens is 4. The lowest BCUT2D eigenvalue weighted by atomic mass is 10.2. The third kappa shape index (κ3) is 2.39. The molecule has 0 spiro atoms. The van der Waals surface area contributed by atoms with E-state index in [4.69, 9.17) is 0 Å². The van der Waals surface area contributed by atoms with Crippen molar-refractivity contribution in [3.63, 3.8) is 0 Å². The van der Waals surface area contributed by atoms with E-state index in [0.29, 0.717) is 0 Å². The minimum atomic E-state index is 0.977. The maximum atomic E-state index is 3.77. The highest BCUT2D eigenvalue weighted by Crippen LogP contribution is 2.05. The summed E-state index contributed by atoms with van der Waals surface area (Å²) in [5.41, 5.74) is 2.21. The molecule has 74 valence electrons. The van der Waals surface area contributed by atoms with Gasteiger partial charge in [-0.25, -0.2) is 4.68 Å². The third-order valence-corrected chi connectivity index (χ3v) is 1.65. The molecule has 0 saturated carbocycles. The second kappa shape index (κ2) is 5.11. The van der Waals surface area contributed by atoms with Crippen molar-refractivity contribution >= 4 is 0 Å². The molecule has 0 aliphatic rings. The molecule has 0 unspecified atom stereocenters. The van der Waals surface area contributed by atoms with E-state index in [9.17, 15) is 0 Å². The molecule has 1 aromatic carbocycles. The van der Waals surface area contributed by atoms with Gasteiger partial charge in [-0.15, -0.1) is 5.10 Å². The van der Waals surface area contributed by atoms with E-state index >= 15 is 0 Å². The molecule has 14 heavy (non-hydrogen) atoms. The fraction of sp³-hybridized carbons (Fsp3) is 0.300. The normalized spacial score (nSPS) is 9.07. The molecule has 4 heteroatoms. The molecule has 2 rings (SSSR count). The minimum absolute atomic E-state index is 0.977. The van der Waals surface area contributed by atoms with Crippen LogP contribution in [-0.2, 0) is 0 Å². The quantitative estimate of drug-likeness (QED) is 0.690. The molecular formula is C10H14N4. The number of aryl methyl sites for hydroxylation is 1. The second-order valence-corrected chi connectivity index (χ2v) is 2.59. The van der Waals surface area contributed by atoms with Crippen LogP contribution in [0.2, 0.25) is 0 Å². The molecule has 0 saturated heterocycles. The van der Waals surface area contributed by atoms with Crippen molar-refractivity contribution in [1.82, 2.24) is 20.2 Å². The summed E-state index contributed by atoms with van der Waals surface area (Å²) in [7, 11) is 0. The predicted molar refractivity (Wildman–Crippen MR) is 55.2 cm³/mol. The summed E-state index contributed by atoms with van der Waals surface area (Å²) < 4.78 is 1.62. The van der Waals surface area contributed by atoms with E-state index in [-0.39, 0.29) is 0 Å². The number of hydrogen-bond donors (Lipinski definition) is 0. The largest absolute Gasteiger partial charge is 0.201 e. The molecule has 0 fully saturated rings. The first-order valence-corrected chi connectivity index (χ1v) is 4.66. The van der Waals surface area contributed by atoms with Crippen LogP contribution in [0.3, 0.4) is 0 Å². The Kier molecular flexibility index (Phi) is 3.79. The summed E-state index contributed by atoms with van der Waals surface area (Å²) in [6.07, 6.45) is 1.57. The van der Waals surface area contributed by atoms with Crippen LogP contribution in [0, 0.1) is 6.92 Å². The van der Waals surface area contributed by atoms with Gasteiger partial charge in [0.15, 0.2) is 0 Å². The Morgan fingerprint density at radius 1 is 1.07 bits per heavy atom. The maximum Gasteiger partial charge on any atom is 0.143 e. The van der Waals surface area contributed by atoms with Gasteiger partial charge in [-0.3, -0.25) is 0 Å². The van der Waals surface area contributed by atoms with E-state index in [1.807, 2.05) is 45.0 Å². The summed E-state index contributed by atoms with van der Waals surface area (Å²) in [6, 6.07) is 8.01. The monoisotopic (exact) mass is 190 g/mol. The van der Waals surface area contributed by atoms with E-state index in [0.717, 1.165) is 5.69 Å². The van der Waals surface area contributed by atoms with Gasteiger partial charge in [0.2, 0.25) is 0 Å². The van der Waals surface area contributed by atoms with Gasteiger partial charge in [-0.1, -0.05) is 31.5 Å².